The first-order valence-corrected chi connectivity index (χ1v) is 9.21. The number of hydrogen-bond donors (Lipinski definition) is 1. The maximum atomic E-state index is 13.0. The van der Waals surface area contributed by atoms with E-state index in [9.17, 15) is 8.42 Å². The van der Waals surface area contributed by atoms with Gasteiger partial charge in [0, 0.05) is 0 Å². The molecule has 2 aromatic carbocycles. The molecule has 0 unspecified atom stereocenters. The second-order valence-electron chi connectivity index (χ2n) is 6.47. The summed E-state index contributed by atoms with van der Waals surface area (Å²) in [6.07, 6.45) is 0. The largest absolute Gasteiger partial charge is 0.279 e. The minimum Gasteiger partial charge on any atom is -0.279 e. The molecule has 0 bridgehead atoms. The molecule has 0 saturated carbocycles. The Morgan fingerprint density at radius 1 is 0.696 bits per heavy atom. The van der Waals surface area contributed by atoms with E-state index < -0.39 is 10.0 Å². The number of hydrogen-bond acceptors (Lipinski definition) is 2. The first kappa shape index (κ1) is 17.5. The monoisotopic (exact) mass is 331 g/mol. The lowest BCUT2D eigenvalue weighted by molar-refractivity contribution is 0.599. The van der Waals surface area contributed by atoms with E-state index in [2.05, 4.69) is 4.72 Å². The normalized spacial score (nSPS) is 11.6. The molecule has 0 aliphatic heterocycles. The Morgan fingerprint density at radius 3 is 1.57 bits per heavy atom. The van der Waals surface area contributed by atoms with Gasteiger partial charge < -0.3 is 0 Å². The highest BCUT2D eigenvalue weighted by atomic mass is 32.2. The molecule has 2 aromatic rings. The van der Waals surface area contributed by atoms with E-state index in [1.165, 1.54) is 0 Å². The summed E-state index contributed by atoms with van der Waals surface area (Å²) in [4.78, 5) is 0.398. The summed E-state index contributed by atoms with van der Waals surface area (Å²) >= 11 is 0. The van der Waals surface area contributed by atoms with Crippen LogP contribution in [0.4, 0.5) is 5.69 Å². The second-order valence-corrected chi connectivity index (χ2v) is 8.09. The lowest BCUT2D eigenvalue weighted by Gasteiger charge is -2.19. The predicted octanol–water partition coefficient (Wildman–Crippen LogP) is 4.65. The van der Waals surface area contributed by atoms with E-state index in [1.807, 2.05) is 66.7 Å². The molecule has 4 heteroatoms. The number of nitrogens with one attached hydrogen (secondary N) is 1. The van der Waals surface area contributed by atoms with Crippen LogP contribution in [0.1, 0.15) is 38.9 Å². The van der Waals surface area contributed by atoms with Crippen LogP contribution < -0.4 is 4.72 Å². The first-order valence-electron chi connectivity index (χ1n) is 7.72. The molecule has 0 aliphatic carbocycles. The third-order valence-corrected chi connectivity index (χ3v) is 6.10. The summed E-state index contributed by atoms with van der Waals surface area (Å²) in [7, 11) is -3.63. The predicted molar refractivity (Wildman–Crippen MR) is 96.9 cm³/mol. The Balaban J connectivity index is 2.62. The van der Waals surface area contributed by atoms with Crippen molar-refractivity contribution in [1.82, 2.24) is 0 Å². The van der Waals surface area contributed by atoms with Crippen molar-refractivity contribution in [3.05, 3.63) is 57.1 Å². The Morgan fingerprint density at radius 2 is 1.13 bits per heavy atom. The molecule has 23 heavy (non-hydrogen) atoms. The average molecular weight is 331 g/mol. The van der Waals surface area contributed by atoms with E-state index in [0.29, 0.717) is 10.6 Å². The summed E-state index contributed by atoms with van der Waals surface area (Å²) in [5.74, 6) is 0. The zero-order chi connectivity index (χ0) is 17.5. The standard InChI is InChI=1S/C19H25NO2S/c1-11-8-14(4)18(15(5)9-11)20-23(21,22)19-16(6)12(2)10-13(3)17(19)7/h8-10,20H,1-7H3. The van der Waals surface area contributed by atoms with Gasteiger partial charge in [-0.15, -0.1) is 0 Å². The van der Waals surface area contributed by atoms with Gasteiger partial charge in [-0.3, -0.25) is 4.72 Å². The first-order chi connectivity index (χ1) is 10.5. The second kappa shape index (κ2) is 6.00. The third kappa shape index (κ3) is 3.27. The highest BCUT2D eigenvalue weighted by molar-refractivity contribution is 7.92. The molecule has 0 heterocycles. The van der Waals surface area contributed by atoms with Gasteiger partial charge in [-0.25, -0.2) is 8.42 Å². The lowest BCUT2D eigenvalue weighted by atomic mass is 10.0. The van der Waals surface area contributed by atoms with Crippen LogP contribution in [-0.2, 0) is 10.0 Å². The van der Waals surface area contributed by atoms with Gasteiger partial charge in [-0.1, -0.05) is 23.8 Å². The Hall–Kier alpha value is -1.81. The summed E-state index contributed by atoms with van der Waals surface area (Å²) in [6.45, 7) is 13.5. The molecular formula is C19H25NO2S. The van der Waals surface area contributed by atoms with Crippen molar-refractivity contribution in [3.8, 4) is 0 Å². The van der Waals surface area contributed by atoms with Gasteiger partial charge in [0.25, 0.3) is 10.0 Å². The lowest BCUT2D eigenvalue weighted by Crippen LogP contribution is -2.18. The summed E-state index contributed by atoms with van der Waals surface area (Å²) in [6, 6.07) is 6.02. The maximum absolute atomic E-state index is 13.0. The van der Waals surface area contributed by atoms with Crippen molar-refractivity contribution in [2.45, 2.75) is 53.4 Å². The molecule has 3 nitrogen and oxygen atoms in total. The summed E-state index contributed by atoms with van der Waals surface area (Å²) < 4.78 is 28.9. The van der Waals surface area contributed by atoms with Crippen LogP contribution in [-0.4, -0.2) is 8.42 Å². The number of anilines is 1. The molecule has 0 aromatic heterocycles. The van der Waals surface area contributed by atoms with Crippen LogP contribution >= 0.6 is 0 Å². The molecular weight excluding hydrogens is 306 g/mol. The summed E-state index contributed by atoms with van der Waals surface area (Å²) in [5.41, 5.74) is 7.27. The number of sulfonamides is 1. The third-order valence-electron chi connectivity index (χ3n) is 4.48. The van der Waals surface area contributed by atoms with E-state index in [0.717, 1.165) is 38.9 Å². The van der Waals surface area contributed by atoms with Crippen LogP contribution in [0.5, 0.6) is 0 Å². The highest BCUT2D eigenvalue weighted by Crippen LogP contribution is 2.30. The van der Waals surface area contributed by atoms with Crippen molar-refractivity contribution in [2.75, 3.05) is 4.72 Å². The Labute approximate surface area is 139 Å². The van der Waals surface area contributed by atoms with Gasteiger partial charge in [0.2, 0.25) is 0 Å². The highest BCUT2D eigenvalue weighted by Gasteiger charge is 2.23. The fourth-order valence-corrected chi connectivity index (χ4v) is 4.93. The van der Waals surface area contributed by atoms with Crippen LogP contribution in [0.25, 0.3) is 0 Å². The van der Waals surface area contributed by atoms with Crippen molar-refractivity contribution >= 4 is 15.7 Å². The molecule has 0 atom stereocenters. The SMILES string of the molecule is Cc1cc(C)c(NS(=O)(=O)c2c(C)c(C)cc(C)c2C)c(C)c1. The van der Waals surface area contributed by atoms with Gasteiger partial charge in [0.05, 0.1) is 10.6 Å². The van der Waals surface area contributed by atoms with Crippen molar-refractivity contribution in [1.29, 1.82) is 0 Å². The molecule has 2 rings (SSSR count). The van der Waals surface area contributed by atoms with Gasteiger partial charge in [-0.2, -0.15) is 0 Å². The average Bonchev–Trinajstić information content (AvgIpc) is 2.40. The molecule has 0 spiro atoms. The topological polar surface area (TPSA) is 46.2 Å². The van der Waals surface area contributed by atoms with Crippen LogP contribution in [0.2, 0.25) is 0 Å². The van der Waals surface area contributed by atoms with E-state index in [1.54, 1.807) is 0 Å². The van der Waals surface area contributed by atoms with Crippen molar-refractivity contribution in [3.63, 3.8) is 0 Å². The molecule has 1 N–H and O–H groups in total. The maximum Gasteiger partial charge on any atom is 0.262 e. The number of rotatable bonds is 3. The van der Waals surface area contributed by atoms with Crippen LogP contribution in [0.3, 0.4) is 0 Å². The molecule has 124 valence electrons. The fraction of sp³-hybridized carbons (Fsp3) is 0.368. The summed E-state index contributed by atoms with van der Waals surface area (Å²) in [5, 5.41) is 0. The molecule has 0 fully saturated rings. The van der Waals surface area contributed by atoms with Gasteiger partial charge in [0.1, 0.15) is 0 Å². The molecule has 0 saturated heterocycles. The van der Waals surface area contributed by atoms with Crippen molar-refractivity contribution < 1.29 is 8.42 Å². The van der Waals surface area contributed by atoms with Crippen molar-refractivity contribution in [2.24, 2.45) is 0 Å². The van der Waals surface area contributed by atoms with Crippen LogP contribution in [0, 0.1) is 48.5 Å². The van der Waals surface area contributed by atoms with Gasteiger partial charge in [0.15, 0.2) is 0 Å². The van der Waals surface area contributed by atoms with E-state index in [4.69, 9.17) is 0 Å². The Kier molecular flexibility index (Phi) is 4.58. The molecule has 0 radical (unpaired) electrons. The Bertz CT molecular complexity index is 831. The van der Waals surface area contributed by atoms with E-state index >= 15 is 0 Å². The van der Waals surface area contributed by atoms with E-state index in [-0.39, 0.29) is 0 Å². The quantitative estimate of drug-likeness (QED) is 0.890. The fourth-order valence-electron chi connectivity index (χ4n) is 3.11. The minimum absolute atomic E-state index is 0.398. The zero-order valence-corrected chi connectivity index (χ0v) is 15.8. The zero-order valence-electron chi connectivity index (χ0n) is 15.0. The number of aryl methyl sites for hydroxylation is 5. The van der Waals surface area contributed by atoms with Crippen LogP contribution in [0.15, 0.2) is 23.1 Å². The van der Waals surface area contributed by atoms with Gasteiger partial charge in [-0.05, 0) is 81.8 Å². The molecule has 0 amide bonds. The van der Waals surface area contributed by atoms with Gasteiger partial charge >= 0.3 is 0 Å². The minimum atomic E-state index is -3.63. The molecule has 0 aliphatic rings. The number of benzene rings is 2. The smallest absolute Gasteiger partial charge is 0.262 e.